The summed E-state index contributed by atoms with van der Waals surface area (Å²) in [4.78, 5) is 12.0. The predicted octanol–water partition coefficient (Wildman–Crippen LogP) is 1.31. The fraction of sp³-hybridized carbons (Fsp3) is 0.588. The number of benzene rings is 1. The van der Waals surface area contributed by atoms with Crippen molar-refractivity contribution in [1.29, 1.82) is 0 Å². The second-order valence-electron chi connectivity index (χ2n) is 7.03. The Labute approximate surface area is 149 Å². The molecule has 0 radical (unpaired) electrons. The minimum atomic E-state index is -3.54. The molecule has 1 aliphatic heterocycles. The van der Waals surface area contributed by atoms with E-state index < -0.39 is 10.0 Å². The first-order valence-electron chi connectivity index (χ1n) is 8.22. The van der Waals surface area contributed by atoms with Gasteiger partial charge in [0, 0.05) is 18.6 Å². The van der Waals surface area contributed by atoms with E-state index in [1.807, 2.05) is 20.8 Å². The van der Waals surface area contributed by atoms with Crippen LogP contribution in [0.3, 0.4) is 0 Å². The molecule has 1 amide bonds. The van der Waals surface area contributed by atoms with Gasteiger partial charge < -0.3 is 14.8 Å². The molecule has 7 nitrogen and oxygen atoms in total. The molecule has 140 valence electrons. The average Bonchev–Trinajstić information content (AvgIpc) is 2.53. The first-order valence-corrected chi connectivity index (χ1v) is 9.66. The first-order chi connectivity index (χ1) is 11.6. The van der Waals surface area contributed by atoms with Gasteiger partial charge >= 0.3 is 0 Å². The molecular weight excluding hydrogens is 344 g/mol. The molecule has 1 aromatic rings. The van der Waals surface area contributed by atoms with Crippen LogP contribution in [0, 0.1) is 6.92 Å². The van der Waals surface area contributed by atoms with Gasteiger partial charge in [0.25, 0.3) is 5.91 Å². The molecule has 0 spiro atoms. The zero-order valence-electron chi connectivity index (χ0n) is 15.2. The number of nitrogens with one attached hydrogen (secondary N) is 1. The Morgan fingerprint density at radius 3 is 2.48 bits per heavy atom. The van der Waals surface area contributed by atoms with E-state index in [2.05, 4.69) is 5.32 Å². The summed E-state index contributed by atoms with van der Waals surface area (Å²) in [5.41, 5.74) is 0.337. The van der Waals surface area contributed by atoms with Gasteiger partial charge in [-0.15, -0.1) is 0 Å². The van der Waals surface area contributed by atoms with Crippen molar-refractivity contribution in [3.05, 3.63) is 23.8 Å². The van der Waals surface area contributed by atoms with E-state index in [0.29, 0.717) is 37.6 Å². The Morgan fingerprint density at radius 1 is 1.28 bits per heavy atom. The SMILES string of the molecule is Cc1cc(S(=O)(=O)N2CCOCC2)ccc1OCC(=O)NC(C)(C)C. The van der Waals surface area contributed by atoms with E-state index in [1.165, 1.54) is 10.4 Å². The summed E-state index contributed by atoms with van der Waals surface area (Å²) in [6.45, 7) is 8.83. The Balaban J connectivity index is 2.06. The molecule has 0 saturated carbocycles. The van der Waals surface area contributed by atoms with Gasteiger partial charge in [0.2, 0.25) is 10.0 Å². The third kappa shape index (κ3) is 5.42. The summed E-state index contributed by atoms with van der Waals surface area (Å²) >= 11 is 0. The molecule has 1 aliphatic rings. The molecule has 0 atom stereocenters. The lowest BCUT2D eigenvalue weighted by molar-refractivity contribution is -0.124. The zero-order chi connectivity index (χ0) is 18.7. The van der Waals surface area contributed by atoms with Crippen molar-refractivity contribution in [1.82, 2.24) is 9.62 Å². The van der Waals surface area contributed by atoms with Crippen molar-refractivity contribution in [2.45, 2.75) is 38.1 Å². The predicted molar refractivity (Wildman–Crippen MR) is 94.1 cm³/mol. The third-order valence-corrected chi connectivity index (χ3v) is 5.52. The van der Waals surface area contributed by atoms with E-state index in [-0.39, 0.29) is 22.9 Å². The molecule has 1 N–H and O–H groups in total. The lowest BCUT2D eigenvalue weighted by Crippen LogP contribution is -2.43. The van der Waals surface area contributed by atoms with Gasteiger partial charge in [0.1, 0.15) is 5.75 Å². The fourth-order valence-corrected chi connectivity index (χ4v) is 3.97. The van der Waals surface area contributed by atoms with Crippen LogP contribution in [0.4, 0.5) is 0 Å². The molecular formula is C17H26N2O5S. The maximum Gasteiger partial charge on any atom is 0.258 e. The van der Waals surface area contributed by atoms with Gasteiger partial charge in [0.15, 0.2) is 6.61 Å². The highest BCUT2D eigenvalue weighted by molar-refractivity contribution is 7.89. The van der Waals surface area contributed by atoms with E-state index in [1.54, 1.807) is 19.1 Å². The zero-order valence-corrected chi connectivity index (χ0v) is 16.0. The third-order valence-electron chi connectivity index (χ3n) is 3.63. The average molecular weight is 370 g/mol. The van der Waals surface area contributed by atoms with E-state index in [0.717, 1.165) is 0 Å². The lowest BCUT2D eigenvalue weighted by Gasteiger charge is -2.26. The molecule has 1 heterocycles. The van der Waals surface area contributed by atoms with Crippen LogP contribution in [0.15, 0.2) is 23.1 Å². The number of nitrogens with zero attached hydrogens (tertiary/aromatic N) is 1. The van der Waals surface area contributed by atoms with Crippen LogP contribution in [-0.2, 0) is 19.6 Å². The van der Waals surface area contributed by atoms with Crippen LogP contribution in [0.5, 0.6) is 5.75 Å². The number of amides is 1. The Bertz CT molecular complexity index is 719. The largest absolute Gasteiger partial charge is 0.484 e. The van der Waals surface area contributed by atoms with Gasteiger partial charge in [-0.25, -0.2) is 8.42 Å². The summed E-state index contributed by atoms with van der Waals surface area (Å²) < 4.78 is 37.4. The Hall–Kier alpha value is -1.64. The number of morpholine rings is 1. The van der Waals surface area contributed by atoms with E-state index in [9.17, 15) is 13.2 Å². The first kappa shape index (κ1) is 19.7. The fourth-order valence-electron chi connectivity index (χ4n) is 2.48. The number of hydrogen-bond donors (Lipinski definition) is 1. The van der Waals surface area contributed by atoms with Crippen molar-refractivity contribution in [2.24, 2.45) is 0 Å². The van der Waals surface area contributed by atoms with Crippen molar-refractivity contribution in [3.63, 3.8) is 0 Å². The number of rotatable bonds is 5. The number of sulfonamides is 1. The second kappa shape index (κ2) is 7.72. The normalized spacial score (nSPS) is 16.5. The highest BCUT2D eigenvalue weighted by Gasteiger charge is 2.26. The topological polar surface area (TPSA) is 84.9 Å². The van der Waals surface area contributed by atoms with Crippen LogP contribution in [0.25, 0.3) is 0 Å². The maximum atomic E-state index is 12.6. The molecule has 0 aliphatic carbocycles. The van der Waals surface area contributed by atoms with Crippen molar-refractivity contribution in [3.8, 4) is 5.75 Å². The number of carbonyl (C=O) groups is 1. The summed E-state index contributed by atoms with van der Waals surface area (Å²) in [5, 5.41) is 2.81. The smallest absolute Gasteiger partial charge is 0.258 e. The molecule has 8 heteroatoms. The molecule has 0 aromatic heterocycles. The van der Waals surface area contributed by atoms with Gasteiger partial charge in [-0.2, -0.15) is 4.31 Å². The van der Waals surface area contributed by atoms with Crippen LogP contribution >= 0.6 is 0 Å². The van der Waals surface area contributed by atoms with Crippen LogP contribution in [0.1, 0.15) is 26.3 Å². The molecule has 1 fully saturated rings. The van der Waals surface area contributed by atoms with Gasteiger partial charge in [-0.3, -0.25) is 4.79 Å². The molecule has 1 aromatic carbocycles. The Kier molecular flexibility index (Phi) is 6.08. The van der Waals surface area contributed by atoms with Gasteiger partial charge in [-0.1, -0.05) is 0 Å². The number of ether oxygens (including phenoxy) is 2. The minimum Gasteiger partial charge on any atom is -0.484 e. The van der Waals surface area contributed by atoms with E-state index in [4.69, 9.17) is 9.47 Å². The number of aryl methyl sites for hydroxylation is 1. The summed E-state index contributed by atoms with van der Waals surface area (Å²) in [5.74, 6) is 0.266. The lowest BCUT2D eigenvalue weighted by atomic mass is 10.1. The Morgan fingerprint density at radius 2 is 1.92 bits per heavy atom. The highest BCUT2D eigenvalue weighted by atomic mass is 32.2. The minimum absolute atomic E-state index is 0.117. The van der Waals surface area contributed by atoms with Gasteiger partial charge in [0.05, 0.1) is 18.1 Å². The van der Waals surface area contributed by atoms with Crippen LogP contribution in [0.2, 0.25) is 0 Å². The number of hydrogen-bond acceptors (Lipinski definition) is 5. The molecule has 1 saturated heterocycles. The maximum absolute atomic E-state index is 12.6. The molecule has 0 unspecified atom stereocenters. The highest BCUT2D eigenvalue weighted by Crippen LogP contribution is 2.24. The standard InChI is InChI=1S/C17H26N2O5S/c1-13-11-14(25(21,22)19-7-9-23-10-8-19)5-6-15(13)24-12-16(20)18-17(2,3)4/h5-6,11H,7-10,12H2,1-4H3,(H,18,20). The monoisotopic (exact) mass is 370 g/mol. The molecule has 2 rings (SSSR count). The quantitative estimate of drug-likeness (QED) is 0.845. The number of carbonyl (C=O) groups excluding carboxylic acids is 1. The summed E-state index contributed by atoms with van der Waals surface area (Å²) in [6.07, 6.45) is 0. The van der Waals surface area contributed by atoms with Crippen molar-refractivity contribution in [2.75, 3.05) is 32.9 Å². The van der Waals surface area contributed by atoms with Crippen molar-refractivity contribution >= 4 is 15.9 Å². The summed E-state index contributed by atoms with van der Waals surface area (Å²) in [7, 11) is -3.54. The van der Waals surface area contributed by atoms with Crippen LogP contribution < -0.4 is 10.1 Å². The van der Waals surface area contributed by atoms with E-state index >= 15 is 0 Å². The van der Waals surface area contributed by atoms with Crippen LogP contribution in [-0.4, -0.2) is 57.1 Å². The van der Waals surface area contributed by atoms with Gasteiger partial charge in [-0.05, 0) is 51.5 Å². The summed E-state index contributed by atoms with van der Waals surface area (Å²) in [6, 6.07) is 4.67. The van der Waals surface area contributed by atoms with Crippen molar-refractivity contribution < 1.29 is 22.7 Å². The molecule has 25 heavy (non-hydrogen) atoms. The second-order valence-corrected chi connectivity index (χ2v) is 8.97. The molecule has 0 bridgehead atoms.